The molecule has 0 radical (unpaired) electrons. The first-order valence-corrected chi connectivity index (χ1v) is 9.03. The average Bonchev–Trinajstić information content (AvgIpc) is 3.20. The van der Waals surface area contributed by atoms with Gasteiger partial charge in [0, 0.05) is 16.7 Å². The number of aromatic amines is 1. The van der Waals surface area contributed by atoms with Gasteiger partial charge in [0.1, 0.15) is 5.75 Å². The molecule has 2 heterocycles. The van der Waals surface area contributed by atoms with Crippen LogP contribution in [-0.4, -0.2) is 22.4 Å². The molecule has 5 nitrogen and oxygen atoms in total. The van der Waals surface area contributed by atoms with Gasteiger partial charge in [0.05, 0.1) is 24.1 Å². The predicted octanol–water partition coefficient (Wildman–Crippen LogP) is 4.94. The number of phenolic OH excluding ortho intramolecular Hbond substituents is 1. The summed E-state index contributed by atoms with van der Waals surface area (Å²) in [5, 5.41) is 17.8. The fourth-order valence-electron chi connectivity index (χ4n) is 3.68. The van der Waals surface area contributed by atoms with E-state index in [1.54, 1.807) is 12.1 Å². The highest BCUT2D eigenvalue weighted by Gasteiger charge is 2.33. The van der Waals surface area contributed by atoms with Crippen LogP contribution >= 0.6 is 0 Å². The molecule has 5 rings (SSSR count). The maximum Gasteiger partial charge on any atom is 0.160 e. The molecule has 28 heavy (non-hydrogen) atoms. The van der Waals surface area contributed by atoms with Crippen LogP contribution in [0, 0.1) is 0 Å². The molecule has 0 amide bonds. The number of hydrogen-bond acceptors (Lipinski definition) is 4. The smallest absolute Gasteiger partial charge is 0.160 e. The number of aromatic hydroxyl groups is 1. The van der Waals surface area contributed by atoms with Gasteiger partial charge in [-0.1, -0.05) is 48.5 Å². The van der Waals surface area contributed by atoms with Crippen LogP contribution in [-0.2, 0) is 0 Å². The molecule has 138 valence electrons. The molecule has 1 unspecified atom stereocenters. The van der Waals surface area contributed by atoms with Gasteiger partial charge in [-0.25, -0.2) is 0 Å². The predicted molar refractivity (Wildman–Crippen MR) is 107 cm³/mol. The summed E-state index contributed by atoms with van der Waals surface area (Å²) in [6.07, 6.45) is -0.381. The van der Waals surface area contributed by atoms with E-state index in [-0.39, 0.29) is 11.9 Å². The maximum atomic E-state index is 9.99. The van der Waals surface area contributed by atoms with E-state index in [1.807, 2.05) is 60.7 Å². The lowest BCUT2D eigenvalue weighted by molar-refractivity contribution is 0.243. The summed E-state index contributed by atoms with van der Waals surface area (Å²) >= 11 is 0. The van der Waals surface area contributed by atoms with Crippen molar-refractivity contribution in [3.05, 3.63) is 83.9 Å². The Balaban J connectivity index is 1.74. The van der Waals surface area contributed by atoms with Gasteiger partial charge in [-0.15, -0.1) is 0 Å². The lowest BCUT2D eigenvalue weighted by atomic mass is 9.91. The standard InChI is InChI=1S/C23H18N2O3/c1-27-19-13-15(11-12-17(19)26)23-20-21(14-7-3-2-4-8-14)24-25-22(20)16-9-5-6-10-18(16)28-23/h2-13,23,26H,1H3,(H,24,25). The molecule has 3 aromatic carbocycles. The number of methoxy groups -OCH3 is 1. The molecule has 0 aliphatic carbocycles. The Hall–Kier alpha value is -3.73. The lowest BCUT2D eigenvalue weighted by Crippen LogP contribution is -2.15. The van der Waals surface area contributed by atoms with Crippen LogP contribution < -0.4 is 9.47 Å². The number of benzene rings is 3. The summed E-state index contributed by atoms with van der Waals surface area (Å²) in [5.41, 5.74) is 5.63. The highest BCUT2D eigenvalue weighted by molar-refractivity contribution is 5.80. The second-order valence-electron chi connectivity index (χ2n) is 6.65. The second kappa shape index (κ2) is 6.46. The largest absolute Gasteiger partial charge is 0.504 e. The SMILES string of the molecule is COc1cc(C2Oc3ccccc3-c3[nH]nc(-c4ccccc4)c32)ccc1O. The minimum absolute atomic E-state index is 0.0955. The van der Waals surface area contributed by atoms with E-state index in [0.29, 0.717) is 5.75 Å². The molecular weight excluding hydrogens is 352 g/mol. The van der Waals surface area contributed by atoms with Gasteiger partial charge in [-0.2, -0.15) is 5.10 Å². The van der Waals surface area contributed by atoms with Crippen molar-refractivity contribution in [3.8, 4) is 39.8 Å². The van der Waals surface area contributed by atoms with Crippen molar-refractivity contribution in [3.63, 3.8) is 0 Å². The Morgan fingerprint density at radius 1 is 1.00 bits per heavy atom. The summed E-state index contributed by atoms with van der Waals surface area (Å²) in [4.78, 5) is 0. The summed E-state index contributed by atoms with van der Waals surface area (Å²) in [6.45, 7) is 0. The van der Waals surface area contributed by atoms with Gasteiger partial charge >= 0.3 is 0 Å². The number of ether oxygens (including phenoxy) is 2. The van der Waals surface area contributed by atoms with E-state index in [4.69, 9.17) is 9.47 Å². The summed E-state index contributed by atoms with van der Waals surface area (Å²) < 4.78 is 11.7. The minimum Gasteiger partial charge on any atom is -0.504 e. The number of aromatic nitrogens is 2. The van der Waals surface area contributed by atoms with Gasteiger partial charge < -0.3 is 14.6 Å². The van der Waals surface area contributed by atoms with Crippen LogP contribution in [0.15, 0.2) is 72.8 Å². The molecule has 0 saturated carbocycles. The van der Waals surface area contributed by atoms with Crippen LogP contribution in [0.5, 0.6) is 17.2 Å². The van der Waals surface area contributed by atoms with Crippen LogP contribution in [0.3, 0.4) is 0 Å². The van der Waals surface area contributed by atoms with Crippen LogP contribution in [0.2, 0.25) is 0 Å². The third-order valence-corrected chi connectivity index (χ3v) is 5.02. The Bertz CT molecular complexity index is 1140. The second-order valence-corrected chi connectivity index (χ2v) is 6.65. The molecule has 0 bridgehead atoms. The highest BCUT2D eigenvalue weighted by atomic mass is 16.5. The van der Waals surface area contributed by atoms with Crippen molar-refractivity contribution in [2.24, 2.45) is 0 Å². The molecule has 1 aromatic heterocycles. The van der Waals surface area contributed by atoms with E-state index in [1.165, 1.54) is 7.11 Å². The van der Waals surface area contributed by atoms with Gasteiger partial charge in [0.2, 0.25) is 0 Å². The molecule has 0 saturated heterocycles. The van der Waals surface area contributed by atoms with Crippen LogP contribution in [0.25, 0.3) is 22.5 Å². The Kier molecular flexibility index (Phi) is 3.79. The zero-order valence-corrected chi connectivity index (χ0v) is 15.2. The topological polar surface area (TPSA) is 67.4 Å². The van der Waals surface area contributed by atoms with Crippen molar-refractivity contribution in [1.29, 1.82) is 0 Å². The molecule has 1 aliphatic rings. The van der Waals surface area contributed by atoms with Crippen molar-refractivity contribution < 1.29 is 14.6 Å². The first-order chi connectivity index (χ1) is 13.8. The van der Waals surface area contributed by atoms with E-state index >= 15 is 0 Å². The zero-order valence-electron chi connectivity index (χ0n) is 15.2. The van der Waals surface area contributed by atoms with Gasteiger partial charge in [-0.3, -0.25) is 5.10 Å². The molecule has 5 heteroatoms. The number of hydrogen-bond donors (Lipinski definition) is 2. The Morgan fingerprint density at radius 2 is 1.79 bits per heavy atom. The van der Waals surface area contributed by atoms with Gasteiger partial charge in [-0.05, 0) is 24.3 Å². The van der Waals surface area contributed by atoms with Gasteiger partial charge in [0.15, 0.2) is 17.6 Å². The van der Waals surface area contributed by atoms with E-state index in [2.05, 4.69) is 10.2 Å². The monoisotopic (exact) mass is 370 g/mol. The quantitative estimate of drug-likeness (QED) is 0.536. The van der Waals surface area contributed by atoms with Crippen molar-refractivity contribution in [1.82, 2.24) is 10.2 Å². The zero-order chi connectivity index (χ0) is 19.1. The van der Waals surface area contributed by atoms with Crippen molar-refractivity contribution >= 4 is 0 Å². The third kappa shape index (κ3) is 2.52. The number of para-hydroxylation sites is 1. The number of H-pyrrole nitrogens is 1. The van der Waals surface area contributed by atoms with E-state index in [0.717, 1.165) is 39.4 Å². The molecule has 4 aromatic rings. The minimum atomic E-state index is -0.381. The average molecular weight is 370 g/mol. The third-order valence-electron chi connectivity index (χ3n) is 5.02. The molecule has 0 fully saturated rings. The number of nitrogens with zero attached hydrogens (tertiary/aromatic N) is 1. The molecule has 1 aliphatic heterocycles. The molecule has 0 spiro atoms. The summed E-state index contributed by atoms with van der Waals surface area (Å²) in [6, 6.07) is 23.2. The van der Waals surface area contributed by atoms with Gasteiger partial charge in [0.25, 0.3) is 0 Å². The van der Waals surface area contributed by atoms with Crippen molar-refractivity contribution in [2.75, 3.05) is 7.11 Å². The maximum absolute atomic E-state index is 9.99. The molecule has 1 atom stereocenters. The Morgan fingerprint density at radius 3 is 2.61 bits per heavy atom. The lowest BCUT2D eigenvalue weighted by Gasteiger charge is -2.27. The number of nitrogens with one attached hydrogen (secondary N) is 1. The fourth-order valence-corrected chi connectivity index (χ4v) is 3.68. The molecular formula is C23H18N2O3. The normalized spacial score (nSPS) is 14.7. The first-order valence-electron chi connectivity index (χ1n) is 9.03. The van der Waals surface area contributed by atoms with Crippen LogP contribution in [0.4, 0.5) is 0 Å². The van der Waals surface area contributed by atoms with Crippen LogP contribution in [0.1, 0.15) is 17.2 Å². The Labute approximate surface area is 162 Å². The summed E-state index contributed by atoms with van der Waals surface area (Å²) in [5.74, 6) is 1.29. The summed E-state index contributed by atoms with van der Waals surface area (Å²) in [7, 11) is 1.54. The fraction of sp³-hybridized carbons (Fsp3) is 0.0870. The number of rotatable bonds is 3. The number of phenols is 1. The highest BCUT2D eigenvalue weighted by Crippen LogP contribution is 2.47. The molecule has 2 N–H and O–H groups in total. The number of fused-ring (bicyclic) bond motifs is 3. The first kappa shape index (κ1) is 16.4. The van der Waals surface area contributed by atoms with Crippen molar-refractivity contribution in [2.45, 2.75) is 6.10 Å². The van der Waals surface area contributed by atoms with E-state index in [9.17, 15) is 5.11 Å². The van der Waals surface area contributed by atoms with E-state index < -0.39 is 0 Å².